The van der Waals surface area contributed by atoms with Crippen LogP contribution in [-0.4, -0.2) is 42.1 Å². The second-order valence-electron chi connectivity index (χ2n) is 7.64. The number of hydrogen-bond donors (Lipinski definition) is 1. The molecule has 0 unspecified atom stereocenters. The Hall–Kier alpha value is -2.68. The van der Waals surface area contributed by atoms with Crippen LogP contribution in [0.1, 0.15) is 48.4 Å². The zero-order chi connectivity index (χ0) is 21.1. The van der Waals surface area contributed by atoms with Crippen LogP contribution in [0.4, 0.5) is 8.78 Å². The quantitative estimate of drug-likeness (QED) is 0.697. The summed E-state index contributed by atoms with van der Waals surface area (Å²) >= 11 is 0. The van der Waals surface area contributed by atoms with Crippen molar-refractivity contribution in [2.75, 3.05) is 19.7 Å². The number of piperidine rings is 1. The van der Waals surface area contributed by atoms with Gasteiger partial charge in [-0.3, -0.25) is 4.79 Å². The Morgan fingerprint density at radius 3 is 2.67 bits per heavy atom. The molecule has 1 aromatic carbocycles. The van der Waals surface area contributed by atoms with E-state index in [0.717, 1.165) is 32.1 Å². The van der Waals surface area contributed by atoms with E-state index in [2.05, 4.69) is 9.72 Å². The van der Waals surface area contributed by atoms with Gasteiger partial charge in [-0.2, -0.15) is 8.78 Å². The first kappa shape index (κ1) is 20.6. The number of halogens is 2. The van der Waals surface area contributed by atoms with Crippen molar-refractivity contribution in [3.63, 3.8) is 0 Å². The van der Waals surface area contributed by atoms with Gasteiger partial charge in [0.2, 0.25) is 5.89 Å². The molecule has 1 amide bonds. The lowest BCUT2D eigenvalue weighted by Crippen LogP contribution is -2.36. The van der Waals surface area contributed by atoms with Crippen molar-refractivity contribution in [3.05, 3.63) is 29.7 Å². The maximum atomic E-state index is 12.9. The molecule has 0 radical (unpaired) electrons. The van der Waals surface area contributed by atoms with Gasteiger partial charge in [-0.1, -0.05) is 0 Å². The van der Waals surface area contributed by atoms with Crippen molar-refractivity contribution in [2.45, 2.75) is 45.3 Å². The highest BCUT2D eigenvalue weighted by molar-refractivity contribution is 5.94. The van der Waals surface area contributed by atoms with Crippen LogP contribution in [-0.2, 0) is 6.54 Å². The van der Waals surface area contributed by atoms with E-state index in [1.165, 1.54) is 6.07 Å². The Morgan fingerprint density at radius 2 is 2.00 bits per heavy atom. The predicted molar refractivity (Wildman–Crippen MR) is 104 cm³/mol. The second kappa shape index (κ2) is 8.99. The minimum absolute atomic E-state index is 0.0273. The van der Waals surface area contributed by atoms with Crippen LogP contribution in [0.3, 0.4) is 0 Å². The van der Waals surface area contributed by atoms with E-state index >= 15 is 0 Å². The van der Waals surface area contributed by atoms with Crippen LogP contribution >= 0.6 is 0 Å². The van der Waals surface area contributed by atoms with Crippen molar-refractivity contribution in [1.82, 2.24) is 9.88 Å². The molecule has 4 rings (SSSR count). The fourth-order valence-corrected chi connectivity index (χ4v) is 3.47. The number of hydrogen-bond acceptors (Lipinski definition) is 6. The number of alkyl halides is 2. The van der Waals surface area contributed by atoms with Gasteiger partial charge in [0.05, 0.1) is 13.2 Å². The number of carbonyl (C=O) groups excluding carboxylic acids is 1. The fraction of sp³-hybridized carbons (Fsp3) is 0.524. The summed E-state index contributed by atoms with van der Waals surface area (Å²) < 4.78 is 41.5. The molecule has 2 fully saturated rings. The van der Waals surface area contributed by atoms with Crippen molar-refractivity contribution < 1.29 is 27.5 Å². The third-order valence-corrected chi connectivity index (χ3v) is 5.31. The molecule has 30 heavy (non-hydrogen) atoms. The topological polar surface area (TPSA) is 90.8 Å². The average Bonchev–Trinajstić information content (AvgIpc) is 3.49. The highest BCUT2D eigenvalue weighted by Gasteiger charge is 2.27. The third kappa shape index (κ3) is 4.72. The standard InChI is InChI=1S/C21H25F2N3O4/c22-21(23)30-15-7-6-14(10-16(15)28-12-13-4-5-13)19-25-18(17(11-24)29-19)20(27)26-8-2-1-3-9-26/h6-7,10,13,21H,1-5,8-9,11-12,24H2. The molecule has 2 heterocycles. The Bertz CT molecular complexity index is 892. The molecular formula is C21H25F2N3O4. The summed E-state index contributed by atoms with van der Waals surface area (Å²) in [5.41, 5.74) is 6.47. The normalized spacial score (nSPS) is 16.7. The summed E-state index contributed by atoms with van der Waals surface area (Å²) in [5.74, 6) is 0.866. The largest absolute Gasteiger partial charge is 0.489 e. The zero-order valence-electron chi connectivity index (χ0n) is 16.6. The molecular weight excluding hydrogens is 396 g/mol. The third-order valence-electron chi connectivity index (χ3n) is 5.31. The van der Waals surface area contributed by atoms with E-state index in [4.69, 9.17) is 14.9 Å². The first-order chi connectivity index (χ1) is 14.5. The number of likely N-dealkylation sites (tertiary alicyclic amines) is 1. The lowest BCUT2D eigenvalue weighted by Gasteiger charge is -2.25. The van der Waals surface area contributed by atoms with Crippen LogP contribution in [0.5, 0.6) is 11.5 Å². The van der Waals surface area contributed by atoms with Gasteiger partial charge >= 0.3 is 6.61 Å². The molecule has 0 bridgehead atoms. The molecule has 2 aromatic rings. The molecule has 1 aliphatic heterocycles. The van der Waals surface area contributed by atoms with Gasteiger partial charge in [0.1, 0.15) is 0 Å². The maximum Gasteiger partial charge on any atom is 0.387 e. The monoisotopic (exact) mass is 421 g/mol. The number of rotatable bonds is 8. The molecule has 0 atom stereocenters. The zero-order valence-corrected chi connectivity index (χ0v) is 16.6. The molecule has 1 saturated carbocycles. The number of nitrogens with two attached hydrogens (primary N) is 1. The average molecular weight is 421 g/mol. The Kier molecular flexibility index (Phi) is 6.17. The SMILES string of the molecule is NCc1oc(-c2ccc(OC(F)F)c(OCC3CC3)c2)nc1C(=O)N1CCCCC1. The molecule has 162 valence electrons. The minimum Gasteiger partial charge on any atom is -0.489 e. The summed E-state index contributed by atoms with van der Waals surface area (Å²) in [4.78, 5) is 19.0. The number of ether oxygens (including phenoxy) is 2. The van der Waals surface area contributed by atoms with Crippen molar-refractivity contribution in [1.29, 1.82) is 0 Å². The fourth-order valence-electron chi connectivity index (χ4n) is 3.47. The summed E-state index contributed by atoms with van der Waals surface area (Å²) in [6, 6.07) is 4.48. The van der Waals surface area contributed by atoms with Gasteiger partial charge in [-0.05, 0) is 56.2 Å². The summed E-state index contributed by atoms with van der Waals surface area (Å²) in [7, 11) is 0. The Balaban J connectivity index is 1.61. The van der Waals surface area contributed by atoms with Crippen molar-refractivity contribution >= 4 is 5.91 Å². The smallest absolute Gasteiger partial charge is 0.387 e. The second-order valence-corrected chi connectivity index (χ2v) is 7.64. The van der Waals surface area contributed by atoms with E-state index < -0.39 is 6.61 Å². The number of aromatic nitrogens is 1. The number of nitrogens with zero attached hydrogens (tertiary/aromatic N) is 2. The number of amides is 1. The number of oxazole rings is 1. The van der Waals surface area contributed by atoms with E-state index in [9.17, 15) is 13.6 Å². The molecule has 9 heteroatoms. The van der Waals surface area contributed by atoms with Gasteiger partial charge < -0.3 is 24.5 Å². The Labute approximate surface area is 173 Å². The van der Waals surface area contributed by atoms with Gasteiger partial charge in [-0.15, -0.1) is 0 Å². The highest BCUT2D eigenvalue weighted by Crippen LogP contribution is 2.36. The highest BCUT2D eigenvalue weighted by atomic mass is 19.3. The maximum absolute atomic E-state index is 12.9. The molecule has 7 nitrogen and oxygen atoms in total. The van der Waals surface area contributed by atoms with Gasteiger partial charge in [0.15, 0.2) is 23.0 Å². The van der Waals surface area contributed by atoms with Crippen LogP contribution in [0.25, 0.3) is 11.5 Å². The summed E-state index contributed by atoms with van der Waals surface area (Å²) in [6.07, 6.45) is 5.15. The van der Waals surface area contributed by atoms with Gasteiger partial charge in [0.25, 0.3) is 5.91 Å². The molecule has 1 aromatic heterocycles. The van der Waals surface area contributed by atoms with Crippen LogP contribution in [0.15, 0.2) is 22.6 Å². The van der Waals surface area contributed by atoms with Crippen LogP contribution in [0, 0.1) is 5.92 Å². The molecule has 1 aliphatic carbocycles. The van der Waals surface area contributed by atoms with Crippen LogP contribution < -0.4 is 15.2 Å². The lowest BCUT2D eigenvalue weighted by molar-refractivity contribution is -0.0515. The van der Waals surface area contributed by atoms with Gasteiger partial charge in [0, 0.05) is 18.7 Å². The van der Waals surface area contributed by atoms with E-state index in [-0.39, 0.29) is 35.5 Å². The van der Waals surface area contributed by atoms with E-state index in [1.54, 1.807) is 17.0 Å². The number of carbonyl (C=O) groups is 1. The first-order valence-electron chi connectivity index (χ1n) is 10.3. The molecule has 1 saturated heterocycles. The lowest BCUT2D eigenvalue weighted by atomic mass is 10.1. The van der Waals surface area contributed by atoms with Crippen molar-refractivity contribution in [3.8, 4) is 23.0 Å². The van der Waals surface area contributed by atoms with E-state index in [1.807, 2.05) is 0 Å². The predicted octanol–water partition coefficient (Wildman–Crippen LogP) is 3.82. The van der Waals surface area contributed by atoms with Gasteiger partial charge in [-0.25, -0.2) is 4.98 Å². The molecule has 2 N–H and O–H groups in total. The van der Waals surface area contributed by atoms with Crippen molar-refractivity contribution in [2.24, 2.45) is 11.7 Å². The Morgan fingerprint density at radius 1 is 1.23 bits per heavy atom. The first-order valence-corrected chi connectivity index (χ1v) is 10.3. The van der Waals surface area contributed by atoms with E-state index in [0.29, 0.717) is 36.9 Å². The summed E-state index contributed by atoms with van der Waals surface area (Å²) in [6.45, 7) is -1.13. The van der Waals surface area contributed by atoms with Crippen LogP contribution in [0.2, 0.25) is 0 Å². The number of benzene rings is 1. The molecule has 0 spiro atoms. The molecule has 2 aliphatic rings. The summed E-state index contributed by atoms with van der Waals surface area (Å²) in [5, 5.41) is 0. The minimum atomic E-state index is -2.96.